The van der Waals surface area contributed by atoms with Crippen molar-refractivity contribution in [1.82, 2.24) is 5.43 Å². The zero-order chi connectivity index (χ0) is 18.0. The lowest BCUT2D eigenvalue weighted by Crippen LogP contribution is -2.35. The summed E-state index contributed by atoms with van der Waals surface area (Å²) in [6.45, 7) is 0. The summed E-state index contributed by atoms with van der Waals surface area (Å²) in [5.41, 5.74) is 4.20. The molecule has 2 aromatic carbocycles. The number of rotatable bonds is 3. The number of esters is 1. The molecule has 7 heteroatoms. The molecular formula is C18H13IN2O4. The van der Waals surface area contributed by atoms with Crippen LogP contribution in [0.4, 0.5) is 5.69 Å². The molecular weight excluding hydrogens is 435 g/mol. The van der Waals surface area contributed by atoms with Crippen molar-refractivity contribution in [3.63, 3.8) is 0 Å². The zero-order valence-corrected chi connectivity index (χ0v) is 15.3. The largest absolute Gasteiger partial charge is 0.465 e. The van der Waals surface area contributed by atoms with Gasteiger partial charge in [-0.05, 0) is 70.6 Å². The molecule has 0 radical (unpaired) electrons. The lowest BCUT2D eigenvalue weighted by molar-refractivity contribution is -0.117. The third-order valence-electron chi connectivity index (χ3n) is 3.62. The molecule has 1 N–H and O–H groups in total. The van der Waals surface area contributed by atoms with E-state index in [1.165, 1.54) is 18.2 Å². The Morgan fingerprint density at radius 2 is 1.72 bits per heavy atom. The van der Waals surface area contributed by atoms with Crippen LogP contribution in [0.15, 0.2) is 54.1 Å². The number of hydrogen-bond donors (Lipinski definition) is 1. The Bertz CT molecular complexity index is 873. The van der Waals surface area contributed by atoms with Crippen LogP contribution in [-0.4, -0.2) is 24.9 Å². The number of halogens is 1. The number of methoxy groups -OCH3 is 1. The maximum Gasteiger partial charge on any atom is 0.337 e. The highest BCUT2D eigenvalue weighted by Gasteiger charge is 2.34. The minimum Gasteiger partial charge on any atom is -0.465 e. The van der Waals surface area contributed by atoms with Gasteiger partial charge < -0.3 is 4.74 Å². The summed E-state index contributed by atoms with van der Waals surface area (Å²) in [5.74, 6) is -1.34. The lowest BCUT2D eigenvalue weighted by atomic mass is 10.1. The number of ether oxygens (including phenoxy) is 1. The van der Waals surface area contributed by atoms with Gasteiger partial charge >= 0.3 is 5.97 Å². The van der Waals surface area contributed by atoms with Gasteiger partial charge in [-0.3, -0.25) is 15.0 Å². The molecule has 2 aromatic rings. The predicted octanol–water partition coefficient (Wildman–Crippen LogP) is 2.54. The number of amides is 2. The van der Waals surface area contributed by atoms with E-state index in [0.29, 0.717) is 16.8 Å². The van der Waals surface area contributed by atoms with Crippen molar-refractivity contribution in [2.24, 2.45) is 0 Å². The van der Waals surface area contributed by atoms with E-state index in [1.807, 2.05) is 12.1 Å². The fourth-order valence-corrected chi connectivity index (χ4v) is 2.69. The summed E-state index contributed by atoms with van der Waals surface area (Å²) in [6.07, 6.45) is 1.49. The number of nitrogens with one attached hydrogen (secondary N) is 1. The molecule has 0 atom stereocenters. The van der Waals surface area contributed by atoms with Crippen LogP contribution in [0, 0.1) is 3.57 Å². The van der Waals surface area contributed by atoms with E-state index in [0.717, 1.165) is 3.57 Å². The van der Waals surface area contributed by atoms with Crippen LogP contribution in [0.1, 0.15) is 15.9 Å². The molecule has 0 spiro atoms. The number of benzene rings is 2. The van der Waals surface area contributed by atoms with Gasteiger partial charge in [-0.25, -0.2) is 9.80 Å². The van der Waals surface area contributed by atoms with Crippen LogP contribution in [0.25, 0.3) is 6.08 Å². The molecule has 0 saturated carbocycles. The molecule has 1 aliphatic heterocycles. The highest BCUT2D eigenvalue weighted by molar-refractivity contribution is 14.1. The second kappa shape index (κ2) is 7.06. The van der Waals surface area contributed by atoms with Crippen LogP contribution in [0.3, 0.4) is 0 Å². The summed E-state index contributed by atoms with van der Waals surface area (Å²) in [6, 6.07) is 13.7. The molecule has 6 nitrogen and oxygen atoms in total. The highest BCUT2D eigenvalue weighted by atomic mass is 127. The summed E-state index contributed by atoms with van der Waals surface area (Å²) in [5, 5.41) is 1.22. The van der Waals surface area contributed by atoms with E-state index in [9.17, 15) is 14.4 Å². The van der Waals surface area contributed by atoms with Gasteiger partial charge in [-0.1, -0.05) is 12.1 Å². The summed E-state index contributed by atoms with van der Waals surface area (Å²) in [4.78, 5) is 36.1. The van der Waals surface area contributed by atoms with E-state index in [1.54, 1.807) is 36.4 Å². The molecule has 126 valence electrons. The topological polar surface area (TPSA) is 75.7 Å². The third-order valence-corrected chi connectivity index (χ3v) is 4.34. The van der Waals surface area contributed by atoms with E-state index < -0.39 is 17.8 Å². The van der Waals surface area contributed by atoms with E-state index in [-0.39, 0.29) is 5.57 Å². The van der Waals surface area contributed by atoms with Crippen molar-refractivity contribution in [2.45, 2.75) is 0 Å². The summed E-state index contributed by atoms with van der Waals surface area (Å²) >= 11 is 2.16. The van der Waals surface area contributed by atoms with Crippen molar-refractivity contribution < 1.29 is 19.1 Å². The normalized spacial score (nSPS) is 15.4. The Kier molecular flexibility index (Phi) is 4.84. The van der Waals surface area contributed by atoms with Gasteiger partial charge in [-0.2, -0.15) is 0 Å². The minimum atomic E-state index is -0.472. The lowest BCUT2D eigenvalue weighted by Gasteiger charge is -2.14. The molecule has 0 aromatic heterocycles. The Morgan fingerprint density at radius 1 is 1.08 bits per heavy atom. The maximum absolute atomic E-state index is 12.5. The summed E-state index contributed by atoms with van der Waals surface area (Å²) < 4.78 is 5.66. The molecule has 1 fully saturated rings. The number of carbonyl (C=O) groups excluding carboxylic acids is 3. The van der Waals surface area contributed by atoms with Crippen LogP contribution in [0.5, 0.6) is 0 Å². The van der Waals surface area contributed by atoms with Gasteiger partial charge in [-0.15, -0.1) is 0 Å². The van der Waals surface area contributed by atoms with Gasteiger partial charge in [0.25, 0.3) is 11.8 Å². The Balaban J connectivity index is 1.85. The van der Waals surface area contributed by atoms with Gasteiger partial charge in [0.15, 0.2) is 0 Å². The van der Waals surface area contributed by atoms with Crippen molar-refractivity contribution in [2.75, 3.05) is 12.1 Å². The monoisotopic (exact) mass is 448 g/mol. The summed E-state index contributed by atoms with van der Waals surface area (Å²) in [7, 11) is 1.30. The first kappa shape index (κ1) is 17.2. The molecule has 0 bridgehead atoms. The van der Waals surface area contributed by atoms with Crippen molar-refractivity contribution in [3.8, 4) is 0 Å². The highest BCUT2D eigenvalue weighted by Crippen LogP contribution is 2.22. The number of hydrazine groups is 1. The first-order valence-electron chi connectivity index (χ1n) is 7.30. The predicted molar refractivity (Wildman–Crippen MR) is 101 cm³/mol. The number of anilines is 1. The van der Waals surface area contributed by atoms with E-state index in [4.69, 9.17) is 0 Å². The Hall–Kier alpha value is -2.68. The SMILES string of the molecule is COC(=O)c1ccc(/C=C2\C(=O)NN(c3ccc(I)cc3)C2=O)cc1. The molecule has 1 saturated heterocycles. The molecule has 0 unspecified atom stereocenters. The van der Waals surface area contributed by atoms with Gasteiger partial charge in [0.2, 0.25) is 0 Å². The molecule has 2 amide bonds. The second-order valence-corrected chi connectivity index (χ2v) is 6.48. The number of nitrogens with zero attached hydrogens (tertiary/aromatic N) is 1. The minimum absolute atomic E-state index is 0.0318. The second-order valence-electron chi connectivity index (χ2n) is 5.23. The van der Waals surface area contributed by atoms with Crippen molar-refractivity contribution >= 4 is 52.1 Å². The third kappa shape index (κ3) is 3.55. The number of hydrogen-bond acceptors (Lipinski definition) is 4. The fourth-order valence-electron chi connectivity index (χ4n) is 2.33. The molecule has 25 heavy (non-hydrogen) atoms. The number of carbonyl (C=O) groups is 3. The first-order valence-corrected chi connectivity index (χ1v) is 8.38. The quantitative estimate of drug-likeness (QED) is 0.339. The van der Waals surface area contributed by atoms with Crippen LogP contribution >= 0.6 is 22.6 Å². The van der Waals surface area contributed by atoms with Crippen LogP contribution in [-0.2, 0) is 14.3 Å². The van der Waals surface area contributed by atoms with Gasteiger partial charge in [0, 0.05) is 3.57 Å². The standard InChI is InChI=1S/C18H13IN2O4/c1-25-18(24)12-4-2-11(3-5-12)10-15-16(22)20-21(17(15)23)14-8-6-13(19)7-9-14/h2-10H,1H3,(H,20,22)/b15-10+. The average Bonchev–Trinajstić information content (AvgIpc) is 2.90. The molecule has 0 aliphatic carbocycles. The van der Waals surface area contributed by atoms with Gasteiger partial charge in [0.05, 0.1) is 18.4 Å². The Morgan fingerprint density at radius 3 is 2.32 bits per heavy atom. The first-order chi connectivity index (χ1) is 12.0. The van der Waals surface area contributed by atoms with E-state index >= 15 is 0 Å². The van der Waals surface area contributed by atoms with Crippen LogP contribution < -0.4 is 10.4 Å². The van der Waals surface area contributed by atoms with Crippen molar-refractivity contribution in [3.05, 3.63) is 68.8 Å². The Labute approximate surface area is 157 Å². The zero-order valence-electron chi connectivity index (χ0n) is 13.2. The maximum atomic E-state index is 12.5. The molecule has 3 rings (SSSR count). The van der Waals surface area contributed by atoms with Crippen LogP contribution in [0.2, 0.25) is 0 Å². The van der Waals surface area contributed by atoms with E-state index in [2.05, 4.69) is 32.8 Å². The smallest absolute Gasteiger partial charge is 0.337 e. The molecule has 1 heterocycles. The fraction of sp³-hybridized carbons (Fsp3) is 0.0556. The molecule has 1 aliphatic rings. The average molecular weight is 448 g/mol. The van der Waals surface area contributed by atoms with Crippen molar-refractivity contribution in [1.29, 1.82) is 0 Å². The van der Waals surface area contributed by atoms with Gasteiger partial charge in [0.1, 0.15) is 5.57 Å².